The van der Waals surface area contributed by atoms with Crippen molar-refractivity contribution in [3.8, 4) is 16.9 Å². The normalized spacial score (nSPS) is 11.5. The number of ether oxygens (including phenoxy) is 1. The molecule has 0 saturated carbocycles. The molecular weight excluding hydrogens is 378 g/mol. The molecule has 1 amide bonds. The fourth-order valence-corrected chi connectivity index (χ4v) is 3.14. The first-order valence-electron chi connectivity index (χ1n) is 9.99. The molecule has 0 bridgehead atoms. The highest BCUT2D eigenvalue weighted by molar-refractivity contribution is 5.94. The van der Waals surface area contributed by atoms with E-state index in [-0.39, 0.29) is 25.0 Å². The van der Waals surface area contributed by atoms with Crippen LogP contribution in [0.4, 0.5) is 0 Å². The zero-order valence-electron chi connectivity index (χ0n) is 16.9. The van der Waals surface area contributed by atoms with Crippen LogP contribution >= 0.6 is 0 Å². The van der Waals surface area contributed by atoms with Crippen molar-refractivity contribution in [2.24, 2.45) is 0 Å². The summed E-state index contributed by atoms with van der Waals surface area (Å²) in [5, 5.41) is 11.2. The predicted molar refractivity (Wildman–Crippen MR) is 117 cm³/mol. The maximum atomic E-state index is 12.0. The van der Waals surface area contributed by atoms with Gasteiger partial charge in [-0.2, -0.15) is 0 Å². The number of rotatable bonds is 9. The van der Waals surface area contributed by atoms with Crippen molar-refractivity contribution in [2.45, 2.75) is 25.9 Å². The van der Waals surface area contributed by atoms with Crippen molar-refractivity contribution >= 4 is 11.9 Å². The average Bonchev–Trinajstić information content (AvgIpc) is 2.78. The molecule has 0 saturated heterocycles. The van der Waals surface area contributed by atoms with Crippen molar-refractivity contribution in [3.63, 3.8) is 0 Å². The molecule has 3 aromatic carbocycles. The zero-order valence-corrected chi connectivity index (χ0v) is 16.9. The van der Waals surface area contributed by atoms with Gasteiger partial charge in [-0.25, -0.2) is 0 Å². The Morgan fingerprint density at radius 1 is 0.900 bits per heavy atom. The molecular formula is C25H25NO4. The van der Waals surface area contributed by atoms with Gasteiger partial charge in [0.2, 0.25) is 0 Å². The standard InChI is InChI=1S/C25H25NO4/c1-2-23(20-10-8-19(9-11-20)18-6-4-3-5-7-18)30-22-14-12-21(13-15-22)25(29)26-17-16-24(27)28/h3-15,23H,2,16-17H2,1H3,(H,26,29)(H,27,28)/t23-/m1/s1. The van der Waals surface area contributed by atoms with Gasteiger partial charge in [0.15, 0.2) is 0 Å². The zero-order chi connectivity index (χ0) is 21.3. The Balaban J connectivity index is 1.63. The van der Waals surface area contributed by atoms with Crippen LogP contribution in [0.15, 0.2) is 78.9 Å². The quantitative estimate of drug-likeness (QED) is 0.522. The van der Waals surface area contributed by atoms with E-state index in [1.54, 1.807) is 24.3 Å². The fourth-order valence-electron chi connectivity index (χ4n) is 3.14. The first-order valence-corrected chi connectivity index (χ1v) is 9.99. The Labute approximate surface area is 176 Å². The largest absolute Gasteiger partial charge is 0.486 e. The summed E-state index contributed by atoms with van der Waals surface area (Å²) in [4.78, 5) is 22.6. The van der Waals surface area contributed by atoms with E-state index in [0.717, 1.165) is 17.5 Å². The summed E-state index contributed by atoms with van der Waals surface area (Å²) in [6, 6.07) is 25.5. The highest BCUT2D eigenvalue weighted by Crippen LogP contribution is 2.27. The maximum absolute atomic E-state index is 12.0. The van der Waals surface area contributed by atoms with E-state index in [9.17, 15) is 9.59 Å². The van der Waals surface area contributed by atoms with E-state index < -0.39 is 5.97 Å². The lowest BCUT2D eigenvalue weighted by Crippen LogP contribution is -2.25. The van der Waals surface area contributed by atoms with Gasteiger partial charge in [0, 0.05) is 12.1 Å². The third-order valence-electron chi connectivity index (χ3n) is 4.78. The van der Waals surface area contributed by atoms with Crippen molar-refractivity contribution < 1.29 is 19.4 Å². The SMILES string of the molecule is CC[C@@H](Oc1ccc(C(=O)NCCC(=O)O)cc1)c1ccc(-c2ccccc2)cc1. The summed E-state index contributed by atoms with van der Waals surface area (Å²) < 4.78 is 6.13. The number of hydrogen-bond acceptors (Lipinski definition) is 3. The van der Waals surface area contributed by atoms with Crippen molar-refractivity contribution in [2.75, 3.05) is 6.54 Å². The number of hydrogen-bond donors (Lipinski definition) is 2. The molecule has 0 heterocycles. The van der Waals surface area contributed by atoms with Crippen molar-refractivity contribution in [3.05, 3.63) is 90.0 Å². The molecule has 0 aliphatic carbocycles. The van der Waals surface area contributed by atoms with Gasteiger partial charge < -0.3 is 15.2 Å². The molecule has 5 nitrogen and oxygen atoms in total. The molecule has 0 unspecified atom stereocenters. The summed E-state index contributed by atoms with van der Waals surface area (Å²) in [6.45, 7) is 2.17. The Hall–Kier alpha value is -3.60. The van der Waals surface area contributed by atoms with Crippen LogP contribution in [-0.4, -0.2) is 23.5 Å². The van der Waals surface area contributed by atoms with Crippen LogP contribution in [0.1, 0.15) is 41.8 Å². The number of carboxylic acids is 1. The summed E-state index contributed by atoms with van der Waals surface area (Å²) >= 11 is 0. The highest BCUT2D eigenvalue weighted by Gasteiger charge is 2.13. The number of nitrogens with one attached hydrogen (secondary N) is 1. The molecule has 3 aromatic rings. The Morgan fingerprint density at radius 3 is 2.13 bits per heavy atom. The summed E-state index contributed by atoms with van der Waals surface area (Å²) in [6.07, 6.45) is 0.612. The number of amides is 1. The Bertz CT molecular complexity index is 966. The molecule has 30 heavy (non-hydrogen) atoms. The van der Waals surface area contributed by atoms with Crippen LogP contribution in [0.25, 0.3) is 11.1 Å². The molecule has 0 fully saturated rings. The lowest BCUT2D eigenvalue weighted by Gasteiger charge is -2.18. The summed E-state index contributed by atoms with van der Waals surface area (Å²) in [7, 11) is 0. The molecule has 2 N–H and O–H groups in total. The van der Waals surface area contributed by atoms with E-state index in [1.165, 1.54) is 5.56 Å². The second-order valence-corrected chi connectivity index (χ2v) is 6.93. The first kappa shape index (κ1) is 21.1. The van der Waals surface area contributed by atoms with Crippen LogP contribution < -0.4 is 10.1 Å². The number of carboxylic acid groups (broad SMARTS) is 1. The van der Waals surface area contributed by atoms with Crippen LogP contribution in [0.5, 0.6) is 5.75 Å². The predicted octanol–water partition coefficient (Wildman–Crippen LogP) is 5.09. The van der Waals surface area contributed by atoms with E-state index in [0.29, 0.717) is 11.3 Å². The summed E-state index contributed by atoms with van der Waals surface area (Å²) in [5.41, 5.74) is 3.89. The monoisotopic (exact) mass is 403 g/mol. The van der Waals surface area contributed by atoms with Gasteiger partial charge in [0.1, 0.15) is 11.9 Å². The third kappa shape index (κ3) is 5.70. The summed E-state index contributed by atoms with van der Waals surface area (Å²) in [5.74, 6) is -0.566. The lowest BCUT2D eigenvalue weighted by atomic mass is 10.0. The minimum Gasteiger partial charge on any atom is -0.486 e. The van der Waals surface area contributed by atoms with Gasteiger partial charge in [-0.1, -0.05) is 61.5 Å². The molecule has 0 aromatic heterocycles. The van der Waals surface area contributed by atoms with Gasteiger partial charge in [-0.05, 0) is 47.4 Å². The molecule has 0 aliphatic heterocycles. The molecule has 0 aliphatic rings. The third-order valence-corrected chi connectivity index (χ3v) is 4.78. The van der Waals surface area contributed by atoms with Gasteiger partial charge in [0.25, 0.3) is 5.91 Å². The number of benzene rings is 3. The Kier molecular flexibility index (Phi) is 7.22. The van der Waals surface area contributed by atoms with Crippen molar-refractivity contribution in [1.29, 1.82) is 0 Å². The van der Waals surface area contributed by atoms with Crippen molar-refractivity contribution in [1.82, 2.24) is 5.32 Å². The molecule has 0 spiro atoms. The second kappa shape index (κ2) is 10.3. The van der Waals surface area contributed by atoms with Crippen LogP contribution in [0.2, 0.25) is 0 Å². The maximum Gasteiger partial charge on any atom is 0.305 e. The lowest BCUT2D eigenvalue weighted by molar-refractivity contribution is -0.136. The number of aliphatic carboxylic acids is 1. The molecule has 1 atom stereocenters. The van der Waals surface area contributed by atoms with Crippen LogP contribution in [0, 0.1) is 0 Å². The van der Waals surface area contributed by atoms with Crippen LogP contribution in [-0.2, 0) is 4.79 Å². The van der Waals surface area contributed by atoms with E-state index >= 15 is 0 Å². The number of carbonyl (C=O) groups excluding carboxylic acids is 1. The van der Waals surface area contributed by atoms with Gasteiger partial charge >= 0.3 is 5.97 Å². The van der Waals surface area contributed by atoms with E-state index in [2.05, 4.69) is 48.6 Å². The average molecular weight is 403 g/mol. The second-order valence-electron chi connectivity index (χ2n) is 6.93. The molecule has 154 valence electrons. The van der Waals surface area contributed by atoms with Crippen LogP contribution in [0.3, 0.4) is 0 Å². The topological polar surface area (TPSA) is 75.6 Å². The van der Waals surface area contributed by atoms with Gasteiger partial charge in [-0.15, -0.1) is 0 Å². The first-order chi connectivity index (χ1) is 14.6. The Morgan fingerprint density at radius 2 is 1.53 bits per heavy atom. The minimum atomic E-state index is -0.943. The fraction of sp³-hybridized carbons (Fsp3) is 0.200. The highest BCUT2D eigenvalue weighted by atomic mass is 16.5. The smallest absolute Gasteiger partial charge is 0.305 e. The van der Waals surface area contributed by atoms with E-state index in [4.69, 9.17) is 9.84 Å². The minimum absolute atomic E-state index is 0.0925. The van der Waals surface area contributed by atoms with E-state index in [1.807, 2.05) is 18.2 Å². The molecule has 0 radical (unpaired) electrons. The molecule has 5 heteroatoms. The van der Waals surface area contributed by atoms with Gasteiger partial charge in [0.05, 0.1) is 6.42 Å². The van der Waals surface area contributed by atoms with Gasteiger partial charge in [-0.3, -0.25) is 9.59 Å². The molecule has 3 rings (SSSR count). The number of carbonyl (C=O) groups is 2.